The number of ether oxygens (including phenoxy) is 6. The SMILES string of the molecule is COCCOCc1ccccc1COC(=O)[CH]OCC(=O)OCCOC. The molecule has 0 bridgehead atoms. The Balaban J connectivity index is 2.26. The van der Waals surface area contributed by atoms with E-state index in [1.54, 1.807) is 7.11 Å². The van der Waals surface area contributed by atoms with Crippen LogP contribution in [0.2, 0.25) is 0 Å². The lowest BCUT2D eigenvalue weighted by Crippen LogP contribution is -2.17. The van der Waals surface area contributed by atoms with Gasteiger partial charge in [0.2, 0.25) is 0 Å². The van der Waals surface area contributed by atoms with Crippen molar-refractivity contribution in [3.05, 3.63) is 42.0 Å². The van der Waals surface area contributed by atoms with Crippen LogP contribution in [0.25, 0.3) is 0 Å². The molecule has 0 spiro atoms. The highest BCUT2D eigenvalue weighted by Gasteiger charge is 2.10. The molecule has 1 aromatic rings. The van der Waals surface area contributed by atoms with E-state index in [0.717, 1.165) is 17.7 Å². The fraction of sp³-hybridized carbons (Fsp3) is 0.500. The van der Waals surface area contributed by atoms with Crippen molar-refractivity contribution in [1.82, 2.24) is 0 Å². The highest BCUT2D eigenvalue weighted by molar-refractivity contribution is 5.78. The minimum absolute atomic E-state index is 0.0702. The molecular weight excluding hydrogens is 344 g/mol. The molecule has 0 aliphatic heterocycles. The van der Waals surface area contributed by atoms with Gasteiger partial charge in [-0.25, -0.2) is 9.59 Å². The van der Waals surface area contributed by atoms with Crippen LogP contribution in [0, 0.1) is 6.61 Å². The summed E-state index contributed by atoms with van der Waals surface area (Å²) in [4.78, 5) is 22.9. The van der Waals surface area contributed by atoms with E-state index in [9.17, 15) is 9.59 Å². The van der Waals surface area contributed by atoms with Crippen LogP contribution in [0.15, 0.2) is 24.3 Å². The maximum absolute atomic E-state index is 11.6. The van der Waals surface area contributed by atoms with Gasteiger partial charge >= 0.3 is 11.9 Å². The van der Waals surface area contributed by atoms with Gasteiger partial charge < -0.3 is 28.4 Å². The number of carbonyl (C=O) groups is 2. The first kappa shape index (κ1) is 22.0. The van der Waals surface area contributed by atoms with Gasteiger partial charge in [0.1, 0.15) is 19.8 Å². The highest BCUT2D eigenvalue weighted by atomic mass is 16.6. The second kappa shape index (κ2) is 14.2. The van der Waals surface area contributed by atoms with E-state index in [1.807, 2.05) is 24.3 Å². The Bertz CT molecular complexity index is 532. The Hall–Kier alpha value is -2.00. The molecule has 0 heterocycles. The first-order valence-electron chi connectivity index (χ1n) is 8.07. The molecule has 8 nitrogen and oxygen atoms in total. The quantitative estimate of drug-likeness (QED) is 0.358. The zero-order valence-corrected chi connectivity index (χ0v) is 15.1. The predicted molar refractivity (Wildman–Crippen MR) is 90.9 cm³/mol. The second-order valence-corrected chi connectivity index (χ2v) is 5.06. The number of hydrogen-bond acceptors (Lipinski definition) is 8. The van der Waals surface area contributed by atoms with Crippen molar-refractivity contribution in [3.8, 4) is 0 Å². The predicted octanol–water partition coefficient (Wildman–Crippen LogP) is 1.26. The molecule has 1 aromatic carbocycles. The summed E-state index contributed by atoms with van der Waals surface area (Å²) < 4.78 is 29.9. The molecule has 0 saturated heterocycles. The van der Waals surface area contributed by atoms with Crippen molar-refractivity contribution in [3.63, 3.8) is 0 Å². The largest absolute Gasteiger partial charge is 0.462 e. The van der Waals surface area contributed by atoms with E-state index in [0.29, 0.717) is 26.4 Å². The van der Waals surface area contributed by atoms with Crippen molar-refractivity contribution in [2.75, 3.05) is 47.3 Å². The van der Waals surface area contributed by atoms with Gasteiger partial charge in [-0.1, -0.05) is 24.3 Å². The van der Waals surface area contributed by atoms with Gasteiger partial charge in [-0.2, -0.15) is 0 Å². The average Bonchev–Trinajstić information content (AvgIpc) is 2.64. The number of carbonyl (C=O) groups excluding carboxylic acids is 2. The molecule has 0 atom stereocenters. The number of esters is 2. The third-order valence-electron chi connectivity index (χ3n) is 3.11. The first-order chi connectivity index (χ1) is 12.7. The van der Waals surface area contributed by atoms with Gasteiger partial charge in [0.25, 0.3) is 0 Å². The molecule has 0 unspecified atom stereocenters. The van der Waals surface area contributed by atoms with Gasteiger partial charge in [0.15, 0.2) is 6.61 Å². The highest BCUT2D eigenvalue weighted by Crippen LogP contribution is 2.12. The van der Waals surface area contributed by atoms with Crippen molar-refractivity contribution < 1.29 is 38.0 Å². The number of benzene rings is 1. The summed E-state index contributed by atoms with van der Waals surface area (Å²) in [6.45, 7) is 2.35. The van der Waals surface area contributed by atoms with E-state index in [1.165, 1.54) is 7.11 Å². The van der Waals surface area contributed by atoms with E-state index in [2.05, 4.69) is 0 Å². The monoisotopic (exact) mass is 369 g/mol. The summed E-state index contributed by atoms with van der Waals surface area (Å²) in [5.74, 6) is -1.28. The van der Waals surface area contributed by atoms with Gasteiger partial charge in [-0.3, -0.25) is 0 Å². The first-order valence-corrected chi connectivity index (χ1v) is 8.07. The summed E-state index contributed by atoms with van der Waals surface area (Å²) >= 11 is 0. The summed E-state index contributed by atoms with van der Waals surface area (Å²) in [5.41, 5.74) is 1.74. The van der Waals surface area contributed by atoms with Crippen LogP contribution in [-0.2, 0) is 51.2 Å². The Morgan fingerprint density at radius 1 is 0.885 bits per heavy atom. The zero-order valence-electron chi connectivity index (χ0n) is 15.1. The van der Waals surface area contributed by atoms with Crippen molar-refractivity contribution in [1.29, 1.82) is 0 Å². The molecule has 1 radical (unpaired) electrons. The molecule has 0 fully saturated rings. The topological polar surface area (TPSA) is 89.5 Å². The Labute approximate surface area is 153 Å². The average molecular weight is 369 g/mol. The summed E-state index contributed by atoms with van der Waals surface area (Å²) in [6.07, 6.45) is 0. The number of methoxy groups -OCH3 is 2. The van der Waals surface area contributed by atoms with E-state index in [-0.39, 0.29) is 19.8 Å². The van der Waals surface area contributed by atoms with Crippen molar-refractivity contribution in [2.45, 2.75) is 13.2 Å². The lowest BCUT2D eigenvalue weighted by molar-refractivity contribution is -0.152. The van der Waals surface area contributed by atoms with Gasteiger partial charge in [-0.05, 0) is 11.1 Å². The number of rotatable bonds is 14. The second-order valence-electron chi connectivity index (χ2n) is 5.06. The van der Waals surface area contributed by atoms with Crippen LogP contribution in [0.3, 0.4) is 0 Å². The molecule has 0 amide bonds. The van der Waals surface area contributed by atoms with E-state index in [4.69, 9.17) is 28.4 Å². The minimum atomic E-state index is -0.690. The Morgan fingerprint density at radius 3 is 2.23 bits per heavy atom. The van der Waals surface area contributed by atoms with Gasteiger partial charge in [0, 0.05) is 14.2 Å². The molecule has 0 aliphatic carbocycles. The molecular formula is C18H25O8. The van der Waals surface area contributed by atoms with E-state index < -0.39 is 11.9 Å². The molecule has 1 rings (SSSR count). The molecule has 0 aromatic heterocycles. The molecule has 0 N–H and O–H groups in total. The van der Waals surface area contributed by atoms with Crippen LogP contribution in [0.4, 0.5) is 0 Å². The molecule has 26 heavy (non-hydrogen) atoms. The zero-order chi connectivity index (χ0) is 19.0. The fourth-order valence-electron chi connectivity index (χ4n) is 1.80. The lowest BCUT2D eigenvalue weighted by Gasteiger charge is -2.11. The summed E-state index contributed by atoms with van der Waals surface area (Å²) in [7, 11) is 3.10. The van der Waals surface area contributed by atoms with Crippen LogP contribution in [0.1, 0.15) is 11.1 Å². The third-order valence-corrected chi connectivity index (χ3v) is 3.11. The van der Waals surface area contributed by atoms with Crippen LogP contribution >= 0.6 is 0 Å². The minimum Gasteiger partial charge on any atom is -0.462 e. The fourth-order valence-corrected chi connectivity index (χ4v) is 1.80. The van der Waals surface area contributed by atoms with Gasteiger partial charge in [0.05, 0.1) is 26.4 Å². The van der Waals surface area contributed by atoms with Crippen LogP contribution in [0.5, 0.6) is 0 Å². The lowest BCUT2D eigenvalue weighted by atomic mass is 10.1. The van der Waals surface area contributed by atoms with Crippen LogP contribution in [-0.4, -0.2) is 59.2 Å². The van der Waals surface area contributed by atoms with Gasteiger partial charge in [-0.15, -0.1) is 0 Å². The normalized spacial score (nSPS) is 10.5. The van der Waals surface area contributed by atoms with Crippen molar-refractivity contribution >= 4 is 11.9 Å². The molecule has 145 valence electrons. The Kier molecular flexibility index (Phi) is 12.0. The standard InChI is InChI=1S/C18H25O8/c1-21-7-9-23-11-15-5-3-4-6-16(15)12-26-18(20)14-24-13-17(19)25-10-8-22-2/h3-6,14H,7-13H2,1-2H3. The molecule has 0 aliphatic rings. The van der Waals surface area contributed by atoms with Crippen LogP contribution < -0.4 is 0 Å². The smallest absolute Gasteiger partial charge is 0.339 e. The maximum atomic E-state index is 11.6. The number of hydrogen-bond donors (Lipinski definition) is 0. The van der Waals surface area contributed by atoms with E-state index >= 15 is 0 Å². The third kappa shape index (κ3) is 10.1. The molecule has 8 heteroatoms. The maximum Gasteiger partial charge on any atom is 0.339 e. The Morgan fingerprint density at radius 2 is 1.54 bits per heavy atom. The summed E-state index contributed by atoms with van der Waals surface area (Å²) in [5, 5.41) is 0. The van der Waals surface area contributed by atoms with Crippen molar-refractivity contribution in [2.24, 2.45) is 0 Å². The molecule has 0 saturated carbocycles. The summed E-state index contributed by atoms with van der Waals surface area (Å²) in [6, 6.07) is 7.46.